The minimum Gasteiger partial charge on any atom is -0.507 e. The van der Waals surface area contributed by atoms with Gasteiger partial charge in [-0.25, -0.2) is 0 Å². The molecule has 9 nitrogen and oxygen atoms in total. The number of benzene rings is 3. The quantitative estimate of drug-likeness (QED) is 0.195. The molecule has 0 spiro atoms. The van der Waals surface area contributed by atoms with Crippen LogP contribution in [0.3, 0.4) is 0 Å². The molecule has 6 N–H and O–H groups in total. The number of ether oxygens (including phenoxy) is 2. The van der Waals surface area contributed by atoms with Crippen molar-refractivity contribution in [1.82, 2.24) is 0 Å². The molecule has 2 heterocycles. The van der Waals surface area contributed by atoms with E-state index < -0.39 is 24.1 Å². The summed E-state index contributed by atoms with van der Waals surface area (Å²) in [5.41, 5.74) is 1.69. The van der Waals surface area contributed by atoms with Crippen LogP contribution in [-0.4, -0.2) is 42.7 Å². The Morgan fingerprint density at radius 1 is 0.758 bits per heavy atom. The highest BCUT2D eigenvalue weighted by molar-refractivity contribution is 5.80. The molecule has 0 fully saturated rings. The average Bonchev–Trinajstić information content (AvgIpc) is 2.77. The monoisotopic (exact) mass is 452 g/mol. The van der Waals surface area contributed by atoms with E-state index in [1.54, 1.807) is 6.07 Å². The van der Waals surface area contributed by atoms with Crippen molar-refractivity contribution in [2.24, 2.45) is 0 Å². The maximum Gasteiger partial charge on any atom is 0.312 e. The molecular formula is C24H20O9. The Morgan fingerprint density at radius 3 is 2.06 bits per heavy atom. The zero-order valence-electron chi connectivity index (χ0n) is 17.1. The molecule has 0 saturated carbocycles. The van der Waals surface area contributed by atoms with E-state index in [0.717, 1.165) is 0 Å². The van der Waals surface area contributed by atoms with Gasteiger partial charge in [0.05, 0.1) is 12.5 Å². The van der Waals surface area contributed by atoms with E-state index in [1.807, 2.05) is 0 Å². The number of aliphatic hydroxyl groups is 1. The smallest absolute Gasteiger partial charge is 0.312 e. The van der Waals surface area contributed by atoms with Crippen LogP contribution in [0.1, 0.15) is 40.7 Å². The van der Waals surface area contributed by atoms with Crippen molar-refractivity contribution < 1.29 is 44.9 Å². The molecule has 0 radical (unpaired) electrons. The fourth-order valence-electron chi connectivity index (χ4n) is 4.43. The summed E-state index contributed by atoms with van der Waals surface area (Å²) in [4.78, 5) is 12.3. The van der Waals surface area contributed by atoms with Gasteiger partial charge in [-0.3, -0.25) is 4.79 Å². The standard InChI is InChI=1S/C24H20O9/c25-14-3-1-10(5-17(14)28)12-8-21(31)32-20-9-16(27)13-7-19(30)23(33-24(13)22(12)20)11-2-4-15(26)18(29)6-11/h1-6,9,12,19,23,25-30H,7-8H2/t12-,19-,23+/m0/s1. The van der Waals surface area contributed by atoms with Crippen molar-refractivity contribution in [3.63, 3.8) is 0 Å². The normalized spacial score (nSPS) is 21.5. The first-order valence-electron chi connectivity index (χ1n) is 10.2. The van der Waals surface area contributed by atoms with Gasteiger partial charge in [-0.1, -0.05) is 12.1 Å². The number of carbonyl (C=O) groups is 1. The largest absolute Gasteiger partial charge is 0.507 e. The molecule has 5 rings (SSSR count). The third-order valence-electron chi connectivity index (χ3n) is 6.04. The Balaban J connectivity index is 1.66. The predicted molar refractivity (Wildman–Crippen MR) is 113 cm³/mol. The zero-order chi connectivity index (χ0) is 23.4. The lowest BCUT2D eigenvalue weighted by atomic mass is 9.82. The average molecular weight is 452 g/mol. The van der Waals surface area contributed by atoms with Crippen molar-refractivity contribution in [1.29, 1.82) is 0 Å². The Kier molecular flexibility index (Phi) is 4.71. The molecule has 33 heavy (non-hydrogen) atoms. The van der Waals surface area contributed by atoms with Crippen molar-refractivity contribution >= 4 is 5.97 Å². The van der Waals surface area contributed by atoms with Gasteiger partial charge in [0.25, 0.3) is 0 Å². The lowest BCUT2D eigenvalue weighted by molar-refractivity contribution is -0.135. The number of fused-ring (bicyclic) bond motifs is 3. The highest BCUT2D eigenvalue weighted by Crippen LogP contribution is 2.52. The van der Waals surface area contributed by atoms with Gasteiger partial charge >= 0.3 is 5.97 Å². The number of aliphatic hydroxyl groups excluding tert-OH is 1. The fourth-order valence-corrected chi connectivity index (χ4v) is 4.43. The molecule has 3 atom stereocenters. The van der Waals surface area contributed by atoms with E-state index >= 15 is 0 Å². The van der Waals surface area contributed by atoms with Crippen molar-refractivity contribution in [2.75, 3.05) is 0 Å². The number of phenols is 5. The summed E-state index contributed by atoms with van der Waals surface area (Å²) in [5, 5.41) is 60.5. The number of phenolic OH excluding ortho intramolecular Hbond substituents is 5. The van der Waals surface area contributed by atoms with Gasteiger partial charge in [0.15, 0.2) is 23.0 Å². The van der Waals surface area contributed by atoms with Crippen LogP contribution < -0.4 is 9.47 Å². The fraction of sp³-hybridized carbons (Fsp3) is 0.208. The molecule has 3 aromatic rings. The first-order valence-corrected chi connectivity index (χ1v) is 10.2. The van der Waals surface area contributed by atoms with Gasteiger partial charge in [-0.15, -0.1) is 0 Å². The van der Waals surface area contributed by atoms with Gasteiger partial charge in [-0.2, -0.15) is 0 Å². The van der Waals surface area contributed by atoms with Crippen molar-refractivity contribution in [2.45, 2.75) is 31.0 Å². The molecule has 0 bridgehead atoms. The summed E-state index contributed by atoms with van der Waals surface area (Å²) in [6, 6.07) is 9.56. The van der Waals surface area contributed by atoms with Crippen molar-refractivity contribution in [3.05, 3.63) is 64.7 Å². The van der Waals surface area contributed by atoms with Gasteiger partial charge in [-0.05, 0) is 35.4 Å². The van der Waals surface area contributed by atoms with E-state index in [0.29, 0.717) is 22.3 Å². The number of aromatic hydroxyl groups is 5. The summed E-state index contributed by atoms with van der Waals surface area (Å²) < 4.78 is 11.5. The molecule has 170 valence electrons. The van der Waals surface area contributed by atoms with Gasteiger partial charge in [0, 0.05) is 29.5 Å². The zero-order valence-corrected chi connectivity index (χ0v) is 17.1. The molecule has 3 aromatic carbocycles. The predicted octanol–water partition coefficient (Wildman–Crippen LogP) is 2.69. The molecule has 0 unspecified atom stereocenters. The third-order valence-corrected chi connectivity index (χ3v) is 6.04. The minimum absolute atomic E-state index is 0.0161. The minimum atomic E-state index is -1.08. The van der Waals surface area contributed by atoms with Crippen LogP contribution in [0.25, 0.3) is 0 Å². The molecule has 2 aliphatic rings. The Morgan fingerprint density at radius 2 is 1.39 bits per heavy atom. The highest BCUT2D eigenvalue weighted by atomic mass is 16.5. The second kappa shape index (κ2) is 7.49. The topological polar surface area (TPSA) is 157 Å². The highest BCUT2D eigenvalue weighted by Gasteiger charge is 2.40. The van der Waals surface area contributed by atoms with Crippen LogP contribution >= 0.6 is 0 Å². The molecule has 0 saturated heterocycles. The third kappa shape index (κ3) is 3.42. The van der Waals surface area contributed by atoms with E-state index in [1.165, 1.54) is 36.4 Å². The molecule has 2 aliphatic heterocycles. The van der Waals surface area contributed by atoms with Gasteiger partial charge in [0.2, 0.25) is 0 Å². The summed E-state index contributed by atoms with van der Waals surface area (Å²) in [6.07, 6.45) is -2.08. The SMILES string of the molecule is O=C1C[C@@H](c2ccc(O)c(O)c2)c2c(cc(O)c3c2O[C@H](c2ccc(O)c(O)c2)[C@@H](O)C3)O1. The molecule has 0 amide bonds. The number of carbonyl (C=O) groups excluding carboxylic acids is 1. The number of hydrogen-bond donors (Lipinski definition) is 6. The van der Waals surface area contributed by atoms with E-state index in [9.17, 15) is 35.4 Å². The van der Waals surface area contributed by atoms with E-state index in [4.69, 9.17) is 9.47 Å². The first kappa shape index (κ1) is 20.8. The van der Waals surface area contributed by atoms with Crippen LogP contribution in [0, 0.1) is 0 Å². The molecule has 9 heteroatoms. The van der Waals surface area contributed by atoms with E-state index in [2.05, 4.69) is 0 Å². The Labute approximate surface area is 187 Å². The van der Waals surface area contributed by atoms with Crippen LogP contribution in [0.15, 0.2) is 42.5 Å². The summed E-state index contributed by atoms with van der Waals surface area (Å²) in [7, 11) is 0. The second-order valence-corrected chi connectivity index (χ2v) is 8.15. The van der Waals surface area contributed by atoms with Crippen LogP contribution in [0.5, 0.6) is 40.2 Å². The van der Waals surface area contributed by atoms with Gasteiger partial charge < -0.3 is 40.1 Å². The van der Waals surface area contributed by atoms with Gasteiger partial charge in [0.1, 0.15) is 23.4 Å². The summed E-state index contributed by atoms with van der Waals surface area (Å²) >= 11 is 0. The van der Waals surface area contributed by atoms with Crippen LogP contribution in [0.2, 0.25) is 0 Å². The number of esters is 1. The molecule has 0 aromatic heterocycles. The summed E-state index contributed by atoms with van der Waals surface area (Å²) in [6.45, 7) is 0. The Hall–Kier alpha value is -4.11. The second-order valence-electron chi connectivity index (χ2n) is 8.15. The van der Waals surface area contributed by atoms with Crippen LogP contribution in [0.4, 0.5) is 0 Å². The first-order chi connectivity index (χ1) is 15.7. The Bertz CT molecular complexity index is 1280. The molecular weight excluding hydrogens is 432 g/mol. The van der Waals surface area contributed by atoms with E-state index in [-0.39, 0.29) is 53.1 Å². The summed E-state index contributed by atoms with van der Waals surface area (Å²) in [5.74, 6) is -2.43. The lowest BCUT2D eigenvalue weighted by Gasteiger charge is -2.36. The maximum atomic E-state index is 12.3. The molecule has 0 aliphatic carbocycles. The van der Waals surface area contributed by atoms with Crippen LogP contribution in [-0.2, 0) is 11.2 Å². The number of hydrogen-bond acceptors (Lipinski definition) is 9. The van der Waals surface area contributed by atoms with Crippen molar-refractivity contribution in [3.8, 4) is 40.2 Å². The number of rotatable bonds is 2. The maximum absolute atomic E-state index is 12.3. The lowest BCUT2D eigenvalue weighted by Crippen LogP contribution is -2.32.